The van der Waals surface area contributed by atoms with E-state index in [1.807, 2.05) is 10.9 Å². The van der Waals surface area contributed by atoms with Crippen molar-refractivity contribution in [2.75, 3.05) is 0 Å². The molecule has 0 aliphatic heterocycles. The Kier molecular flexibility index (Phi) is 4.30. The molecule has 2 aromatic heterocycles. The van der Waals surface area contributed by atoms with Gasteiger partial charge in [-0.2, -0.15) is 5.10 Å². The van der Waals surface area contributed by atoms with E-state index in [-0.39, 0.29) is 6.04 Å². The molecule has 0 aliphatic carbocycles. The Hall–Kier alpha value is -1.17. The van der Waals surface area contributed by atoms with Crippen LogP contribution in [-0.2, 0) is 13.0 Å². The maximum absolute atomic E-state index is 5.62. The zero-order valence-electron chi connectivity index (χ0n) is 9.97. The SMILES string of the molecule is CCCn1cc(C(Cc2cccs2)NN)cn1. The Morgan fingerprint density at radius 1 is 1.59 bits per heavy atom. The molecule has 2 rings (SSSR count). The highest BCUT2D eigenvalue weighted by atomic mass is 32.1. The van der Waals surface area contributed by atoms with E-state index < -0.39 is 0 Å². The van der Waals surface area contributed by atoms with Gasteiger partial charge in [0.05, 0.1) is 12.2 Å². The van der Waals surface area contributed by atoms with E-state index in [4.69, 9.17) is 5.84 Å². The molecule has 0 spiro atoms. The number of nitrogens with two attached hydrogens (primary N) is 1. The highest BCUT2D eigenvalue weighted by Crippen LogP contribution is 2.20. The lowest BCUT2D eigenvalue weighted by Crippen LogP contribution is -2.29. The Labute approximate surface area is 105 Å². The molecule has 2 aromatic rings. The number of aryl methyl sites for hydroxylation is 1. The predicted molar refractivity (Wildman–Crippen MR) is 70.6 cm³/mol. The summed E-state index contributed by atoms with van der Waals surface area (Å²) >= 11 is 1.76. The van der Waals surface area contributed by atoms with E-state index in [2.05, 4.69) is 41.2 Å². The standard InChI is InChI=1S/C12H18N4S/c1-2-5-16-9-10(8-14-16)12(15-13)7-11-4-3-6-17-11/h3-4,6,8-9,12,15H,2,5,7,13H2,1H3. The minimum atomic E-state index is 0.138. The van der Waals surface area contributed by atoms with E-state index in [0.29, 0.717) is 0 Å². The van der Waals surface area contributed by atoms with Gasteiger partial charge in [0, 0.05) is 29.6 Å². The molecule has 0 saturated carbocycles. The summed E-state index contributed by atoms with van der Waals surface area (Å²) in [7, 11) is 0. The number of nitrogens with zero attached hydrogens (tertiary/aromatic N) is 2. The van der Waals surface area contributed by atoms with Crippen LogP contribution in [0.4, 0.5) is 0 Å². The van der Waals surface area contributed by atoms with Gasteiger partial charge >= 0.3 is 0 Å². The first-order valence-electron chi connectivity index (χ1n) is 5.84. The minimum absolute atomic E-state index is 0.138. The van der Waals surface area contributed by atoms with Crippen LogP contribution >= 0.6 is 11.3 Å². The molecule has 0 aromatic carbocycles. The number of thiophene rings is 1. The largest absolute Gasteiger partial charge is 0.272 e. The van der Waals surface area contributed by atoms with Crippen LogP contribution in [0.25, 0.3) is 0 Å². The van der Waals surface area contributed by atoms with Gasteiger partial charge in [0.25, 0.3) is 0 Å². The molecule has 3 N–H and O–H groups in total. The molecule has 0 aliphatic rings. The molecular weight excluding hydrogens is 232 g/mol. The van der Waals surface area contributed by atoms with Crippen molar-refractivity contribution in [2.45, 2.75) is 32.4 Å². The van der Waals surface area contributed by atoms with E-state index >= 15 is 0 Å². The molecule has 17 heavy (non-hydrogen) atoms. The predicted octanol–water partition coefficient (Wildman–Crippen LogP) is 2.10. The van der Waals surface area contributed by atoms with Gasteiger partial charge in [-0.1, -0.05) is 13.0 Å². The third kappa shape index (κ3) is 3.15. The zero-order valence-corrected chi connectivity index (χ0v) is 10.8. The van der Waals surface area contributed by atoms with Gasteiger partial charge in [-0.3, -0.25) is 16.0 Å². The van der Waals surface area contributed by atoms with Crippen LogP contribution in [0, 0.1) is 0 Å². The summed E-state index contributed by atoms with van der Waals surface area (Å²) in [6, 6.07) is 4.33. The van der Waals surface area contributed by atoms with Crippen LogP contribution in [0.5, 0.6) is 0 Å². The molecule has 0 radical (unpaired) electrons. The maximum atomic E-state index is 5.62. The summed E-state index contributed by atoms with van der Waals surface area (Å²) in [5, 5.41) is 6.42. The van der Waals surface area contributed by atoms with Gasteiger partial charge in [0.1, 0.15) is 0 Å². The van der Waals surface area contributed by atoms with Gasteiger partial charge in [-0.05, 0) is 17.9 Å². The van der Waals surface area contributed by atoms with Crippen molar-refractivity contribution < 1.29 is 0 Å². The van der Waals surface area contributed by atoms with Crippen molar-refractivity contribution in [2.24, 2.45) is 5.84 Å². The lowest BCUT2D eigenvalue weighted by atomic mass is 10.1. The van der Waals surface area contributed by atoms with Crippen LogP contribution in [0.15, 0.2) is 29.9 Å². The number of hydrogen-bond acceptors (Lipinski definition) is 4. The smallest absolute Gasteiger partial charge is 0.0539 e. The number of rotatable bonds is 6. The highest BCUT2D eigenvalue weighted by molar-refractivity contribution is 7.09. The number of hydrazine groups is 1. The Morgan fingerprint density at radius 2 is 2.47 bits per heavy atom. The van der Waals surface area contributed by atoms with Crippen molar-refractivity contribution in [3.63, 3.8) is 0 Å². The summed E-state index contributed by atoms with van der Waals surface area (Å²) in [6.45, 7) is 3.10. The van der Waals surface area contributed by atoms with Crippen molar-refractivity contribution in [3.05, 3.63) is 40.3 Å². The van der Waals surface area contributed by atoms with Crippen LogP contribution in [0.3, 0.4) is 0 Å². The first-order valence-corrected chi connectivity index (χ1v) is 6.72. The van der Waals surface area contributed by atoms with E-state index in [1.54, 1.807) is 11.3 Å². The average molecular weight is 250 g/mol. The monoisotopic (exact) mass is 250 g/mol. The molecule has 5 heteroatoms. The average Bonchev–Trinajstić information content (AvgIpc) is 2.97. The fourth-order valence-electron chi connectivity index (χ4n) is 1.81. The molecule has 4 nitrogen and oxygen atoms in total. The quantitative estimate of drug-likeness (QED) is 0.610. The van der Waals surface area contributed by atoms with Crippen LogP contribution < -0.4 is 11.3 Å². The topological polar surface area (TPSA) is 55.9 Å². The van der Waals surface area contributed by atoms with Crippen molar-refractivity contribution >= 4 is 11.3 Å². The summed E-state index contributed by atoms with van der Waals surface area (Å²) in [5.74, 6) is 5.62. The molecule has 0 amide bonds. The second kappa shape index (κ2) is 5.95. The number of nitrogens with one attached hydrogen (secondary N) is 1. The first-order chi connectivity index (χ1) is 8.33. The summed E-state index contributed by atoms with van der Waals surface area (Å²) < 4.78 is 1.97. The molecule has 0 bridgehead atoms. The molecule has 1 atom stereocenters. The number of aromatic nitrogens is 2. The second-order valence-corrected chi connectivity index (χ2v) is 5.07. The summed E-state index contributed by atoms with van der Waals surface area (Å²) in [5.41, 5.74) is 4.01. The molecule has 92 valence electrons. The van der Waals surface area contributed by atoms with Crippen molar-refractivity contribution in [1.82, 2.24) is 15.2 Å². The van der Waals surface area contributed by atoms with Crippen LogP contribution in [0.2, 0.25) is 0 Å². The molecule has 2 heterocycles. The summed E-state index contributed by atoms with van der Waals surface area (Å²) in [4.78, 5) is 1.33. The van der Waals surface area contributed by atoms with Crippen molar-refractivity contribution in [1.29, 1.82) is 0 Å². The van der Waals surface area contributed by atoms with Gasteiger partial charge in [-0.15, -0.1) is 11.3 Å². The lowest BCUT2D eigenvalue weighted by Gasteiger charge is -2.12. The van der Waals surface area contributed by atoms with Crippen LogP contribution in [-0.4, -0.2) is 9.78 Å². The third-order valence-corrected chi connectivity index (χ3v) is 3.59. The Balaban J connectivity index is 2.06. The zero-order chi connectivity index (χ0) is 12.1. The van der Waals surface area contributed by atoms with E-state index in [9.17, 15) is 0 Å². The van der Waals surface area contributed by atoms with Crippen LogP contribution in [0.1, 0.15) is 29.8 Å². The Bertz CT molecular complexity index is 435. The molecule has 0 saturated heterocycles. The third-order valence-electron chi connectivity index (χ3n) is 2.69. The fourth-order valence-corrected chi connectivity index (χ4v) is 2.57. The fraction of sp³-hybridized carbons (Fsp3) is 0.417. The highest BCUT2D eigenvalue weighted by Gasteiger charge is 2.13. The second-order valence-electron chi connectivity index (χ2n) is 4.04. The van der Waals surface area contributed by atoms with Gasteiger partial charge in [-0.25, -0.2) is 0 Å². The molecule has 0 fully saturated rings. The van der Waals surface area contributed by atoms with Crippen molar-refractivity contribution in [3.8, 4) is 0 Å². The van der Waals surface area contributed by atoms with E-state index in [1.165, 1.54) is 4.88 Å². The van der Waals surface area contributed by atoms with Gasteiger partial charge < -0.3 is 0 Å². The first kappa shape index (κ1) is 12.3. The lowest BCUT2D eigenvalue weighted by molar-refractivity contribution is 0.552. The normalized spacial score (nSPS) is 12.8. The molecule has 1 unspecified atom stereocenters. The summed E-state index contributed by atoms with van der Waals surface area (Å²) in [6.07, 6.45) is 5.97. The van der Waals surface area contributed by atoms with E-state index in [0.717, 1.165) is 24.9 Å². The minimum Gasteiger partial charge on any atom is -0.272 e. The Morgan fingerprint density at radius 3 is 3.12 bits per heavy atom. The van der Waals surface area contributed by atoms with Gasteiger partial charge in [0.2, 0.25) is 0 Å². The van der Waals surface area contributed by atoms with Gasteiger partial charge in [0.15, 0.2) is 0 Å². The maximum Gasteiger partial charge on any atom is 0.0539 e. The number of hydrogen-bond donors (Lipinski definition) is 2. The molecular formula is C12H18N4S.